The number of rotatable bonds is 3. The summed E-state index contributed by atoms with van der Waals surface area (Å²) in [6, 6.07) is 0.537. The molecule has 0 aromatic carbocycles. The quantitative estimate of drug-likeness (QED) is 0.824. The predicted molar refractivity (Wildman–Crippen MR) is 69.2 cm³/mol. The lowest BCUT2D eigenvalue weighted by Crippen LogP contribution is -2.52. The first-order chi connectivity index (χ1) is 8.16. The van der Waals surface area contributed by atoms with Crippen molar-refractivity contribution in [2.75, 3.05) is 45.6 Å². The first kappa shape index (κ1) is 12.3. The minimum atomic E-state index is 0.537. The van der Waals surface area contributed by atoms with Gasteiger partial charge in [-0.2, -0.15) is 0 Å². The van der Waals surface area contributed by atoms with E-state index in [0.29, 0.717) is 6.04 Å². The van der Waals surface area contributed by atoms with E-state index in [0.717, 1.165) is 37.7 Å². The Bertz CT molecular complexity index is 368. The number of aryl methyl sites for hydroxylation is 1. The van der Waals surface area contributed by atoms with Crippen LogP contribution in [-0.2, 0) is 0 Å². The van der Waals surface area contributed by atoms with E-state index in [9.17, 15) is 0 Å². The van der Waals surface area contributed by atoms with Crippen LogP contribution in [0.4, 0.5) is 5.82 Å². The smallest absolute Gasteiger partial charge is 0.147 e. The number of aromatic nitrogens is 2. The van der Waals surface area contributed by atoms with E-state index in [1.54, 1.807) is 12.4 Å². The van der Waals surface area contributed by atoms with Crippen LogP contribution < -0.4 is 5.32 Å². The van der Waals surface area contributed by atoms with Crippen LogP contribution in [0.3, 0.4) is 0 Å². The molecule has 1 atom stereocenters. The Balaban J connectivity index is 1.91. The summed E-state index contributed by atoms with van der Waals surface area (Å²) in [5, 5.41) is 3.39. The molecular formula is C12H21N5. The Hall–Kier alpha value is -1.20. The van der Waals surface area contributed by atoms with Gasteiger partial charge in [0.2, 0.25) is 0 Å². The molecule has 0 radical (unpaired) electrons. The Labute approximate surface area is 103 Å². The molecule has 94 valence electrons. The average molecular weight is 235 g/mol. The van der Waals surface area contributed by atoms with Crippen LogP contribution in [-0.4, -0.2) is 66.1 Å². The summed E-state index contributed by atoms with van der Waals surface area (Å²) in [5.74, 6) is 0.897. The molecule has 1 N–H and O–H groups in total. The van der Waals surface area contributed by atoms with Gasteiger partial charge in [-0.1, -0.05) is 0 Å². The van der Waals surface area contributed by atoms with E-state index in [-0.39, 0.29) is 0 Å². The van der Waals surface area contributed by atoms with Gasteiger partial charge in [-0.3, -0.25) is 9.88 Å². The lowest BCUT2D eigenvalue weighted by molar-refractivity contribution is 0.122. The molecule has 1 aliphatic rings. The van der Waals surface area contributed by atoms with Crippen LogP contribution in [0.5, 0.6) is 0 Å². The van der Waals surface area contributed by atoms with Crippen molar-refractivity contribution >= 4 is 5.82 Å². The highest BCUT2D eigenvalue weighted by Gasteiger charge is 2.21. The first-order valence-corrected chi connectivity index (χ1v) is 6.07. The van der Waals surface area contributed by atoms with Crippen molar-refractivity contribution in [3.05, 3.63) is 18.1 Å². The van der Waals surface area contributed by atoms with E-state index < -0.39 is 0 Å². The third kappa shape index (κ3) is 3.14. The fraction of sp³-hybridized carbons (Fsp3) is 0.667. The molecule has 1 aromatic heterocycles. The zero-order valence-corrected chi connectivity index (χ0v) is 10.8. The van der Waals surface area contributed by atoms with E-state index in [1.807, 2.05) is 6.92 Å². The lowest BCUT2D eigenvalue weighted by Gasteiger charge is -2.37. The van der Waals surface area contributed by atoms with Crippen molar-refractivity contribution in [2.45, 2.75) is 13.0 Å². The highest BCUT2D eigenvalue weighted by Crippen LogP contribution is 2.09. The van der Waals surface area contributed by atoms with Crippen LogP contribution in [0.15, 0.2) is 12.4 Å². The number of nitrogens with zero attached hydrogens (tertiary/aromatic N) is 4. The maximum Gasteiger partial charge on any atom is 0.147 e. The van der Waals surface area contributed by atoms with Crippen molar-refractivity contribution in [3.8, 4) is 0 Å². The number of hydrogen-bond acceptors (Lipinski definition) is 5. The highest BCUT2D eigenvalue weighted by molar-refractivity contribution is 5.38. The standard InChI is InChI=1S/C12H21N5/c1-10-12(14-5-4-13-10)15-8-11-9-16(2)6-7-17(11)3/h4-5,11H,6-9H2,1-3H3,(H,14,15). The first-order valence-electron chi connectivity index (χ1n) is 6.07. The molecule has 1 saturated heterocycles. The summed E-state index contributed by atoms with van der Waals surface area (Å²) >= 11 is 0. The average Bonchev–Trinajstić information content (AvgIpc) is 2.32. The van der Waals surface area contributed by atoms with Gasteiger partial charge in [-0.05, 0) is 21.0 Å². The molecule has 1 fully saturated rings. The van der Waals surface area contributed by atoms with Gasteiger partial charge in [-0.15, -0.1) is 0 Å². The minimum absolute atomic E-state index is 0.537. The SMILES string of the molecule is Cc1nccnc1NCC1CN(C)CCN1C. The number of nitrogens with one attached hydrogen (secondary N) is 1. The molecule has 5 nitrogen and oxygen atoms in total. The second-order valence-electron chi connectivity index (χ2n) is 4.77. The molecule has 5 heteroatoms. The van der Waals surface area contributed by atoms with Gasteiger partial charge in [0.1, 0.15) is 5.82 Å². The molecule has 0 bridgehead atoms. The molecule has 0 amide bonds. The van der Waals surface area contributed by atoms with Crippen molar-refractivity contribution in [3.63, 3.8) is 0 Å². The van der Waals surface area contributed by atoms with Gasteiger partial charge < -0.3 is 10.2 Å². The largest absolute Gasteiger partial charge is 0.367 e. The summed E-state index contributed by atoms with van der Waals surface area (Å²) in [5.41, 5.74) is 0.958. The molecule has 0 spiro atoms. The Morgan fingerprint density at radius 2 is 2.06 bits per heavy atom. The van der Waals surface area contributed by atoms with E-state index >= 15 is 0 Å². The zero-order chi connectivity index (χ0) is 12.3. The van der Waals surface area contributed by atoms with Crippen LogP contribution in [0.1, 0.15) is 5.69 Å². The highest BCUT2D eigenvalue weighted by atomic mass is 15.3. The molecule has 1 aliphatic heterocycles. The molecule has 2 heterocycles. The minimum Gasteiger partial charge on any atom is -0.367 e. The summed E-state index contributed by atoms with van der Waals surface area (Å²) in [4.78, 5) is 13.3. The monoisotopic (exact) mass is 235 g/mol. The maximum atomic E-state index is 4.30. The second-order valence-corrected chi connectivity index (χ2v) is 4.77. The Morgan fingerprint density at radius 3 is 2.82 bits per heavy atom. The van der Waals surface area contributed by atoms with Crippen LogP contribution in [0, 0.1) is 6.92 Å². The fourth-order valence-corrected chi connectivity index (χ4v) is 2.12. The number of anilines is 1. The van der Waals surface area contributed by atoms with Gasteiger partial charge in [0.15, 0.2) is 0 Å². The van der Waals surface area contributed by atoms with Crippen molar-refractivity contribution in [1.82, 2.24) is 19.8 Å². The summed E-state index contributed by atoms with van der Waals surface area (Å²) in [7, 11) is 4.36. The normalized spacial score (nSPS) is 22.6. The van der Waals surface area contributed by atoms with Gasteiger partial charge in [0.05, 0.1) is 5.69 Å². The van der Waals surface area contributed by atoms with Gasteiger partial charge in [0.25, 0.3) is 0 Å². The maximum absolute atomic E-state index is 4.30. The number of hydrogen-bond donors (Lipinski definition) is 1. The van der Waals surface area contributed by atoms with Gasteiger partial charge >= 0.3 is 0 Å². The number of piperazine rings is 1. The zero-order valence-electron chi connectivity index (χ0n) is 10.8. The molecule has 0 aliphatic carbocycles. The van der Waals surface area contributed by atoms with E-state index in [1.165, 1.54) is 0 Å². The Kier molecular flexibility index (Phi) is 3.91. The van der Waals surface area contributed by atoms with Crippen molar-refractivity contribution in [2.24, 2.45) is 0 Å². The van der Waals surface area contributed by atoms with Gasteiger partial charge in [-0.25, -0.2) is 4.98 Å². The topological polar surface area (TPSA) is 44.3 Å². The lowest BCUT2D eigenvalue weighted by atomic mass is 10.2. The van der Waals surface area contributed by atoms with E-state index in [2.05, 4.69) is 39.2 Å². The van der Waals surface area contributed by atoms with Crippen LogP contribution >= 0.6 is 0 Å². The molecule has 2 rings (SSSR count). The fourth-order valence-electron chi connectivity index (χ4n) is 2.12. The van der Waals surface area contributed by atoms with Crippen LogP contribution in [0.2, 0.25) is 0 Å². The third-order valence-corrected chi connectivity index (χ3v) is 3.37. The summed E-state index contributed by atoms with van der Waals surface area (Å²) in [6.45, 7) is 6.27. The summed E-state index contributed by atoms with van der Waals surface area (Å²) < 4.78 is 0. The van der Waals surface area contributed by atoms with Crippen molar-refractivity contribution < 1.29 is 0 Å². The second kappa shape index (κ2) is 5.42. The van der Waals surface area contributed by atoms with Crippen molar-refractivity contribution in [1.29, 1.82) is 0 Å². The molecule has 0 saturated carbocycles. The summed E-state index contributed by atoms with van der Waals surface area (Å²) in [6.07, 6.45) is 3.45. The molecule has 1 unspecified atom stereocenters. The predicted octanol–water partition coefficient (Wildman–Crippen LogP) is 0.443. The van der Waals surface area contributed by atoms with Gasteiger partial charge in [0, 0.05) is 44.6 Å². The Morgan fingerprint density at radius 1 is 1.29 bits per heavy atom. The third-order valence-electron chi connectivity index (χ3n) is 3.37. The molecule has 17 heavy (non-hydrogen) atoms. The van der Waals surface area contributed by atoms with E-state index in [4.69, 9.17) is 0 Å². The number of likely N-dealkylation sites (N-methyl/N-ethyl adjacent to an activating group) is 2. The molecular weight excluding hydrogens is 214 g/mol. The molecule has 1 aromatic rings. The van der Waals surface area contributed by atoms with Crippen LogP contribution in [0.25, 0.3) is 0 Å².